The lowest BCUT2D eigenvalue weighted by atomic mass is 10.2. The highest BCUT2D eigenvalue weighted by Crippen LogP contribution is 2.28. The lowest BCUT2D eigenvalue weighted by molar-refractivity contribution is 0.478. The third kappa shape index (κ3) is 2.97. The quantitative estimate of drug-likeness (QED) is 0.589. The highest BCUT2D eigenvalue weighted by molar-refractivity contribution is 7.87. The number of hydrogen-bond donors (Lipinski definition) is 3. The van der Waals surface area contributed by atoms with E-state index in [1.54, 1.807) is 39.0 Å². The number of phenolic OH excluding ortho intramolecular Hbond substituents is 1. The molecule has 6 nitrogen and oxygen atoms in total. The molecule has 0 heterocycles. The van der Waals surface area contributed by atoms with Gasteiger partial charge in [0.25, 0.3) is 10.9 Å². The Hall–Kier alpha value is -2.15. The number of nitrogens with one attached hydrogen (secondary N) is 2. The highest BCUT2D eigenvalue weighted by atomic mass is 32.2. The minimum Gasteiger partial charge on any atom is -0.506 e. The molecule has 0 bridgehead atoms. The summed E-state index contributed by atoms with van der Waals surface area (Å²) in [6, 6.07) is 6.33. The molecule has 21 heavy (non-hydrogen) atoms. The van der Waals surface area contributed by atoms with E-state index < -0.39 is 26.6 Å². The minimum atomic E-state index is -1.52. The third-order valence-corrected chi connectivity index (χ3v) is 4.33. The first-order chi connectivity index (χ1) is 9.71. The summed E-state index contributed by atoms with van der Waals surface area (Å²) in [5.41, 5.74) is -1.12. The molecule has 0 saturated heterocycles. The molecule has 0 aromatic heterocycles. The molecule has 3 N–H and O–H groups in total. The van der Waals surface area contributed by atoms with Crippen LogP contribution in [0.3, 0.4) is 0 Å². The Morgan fingerprint density at radius 2 is 1.62 bits per heavy atom. The number of hydrogen-bond acceptors (Lipinski definition) is 5. The number of rotatable bonds is 4. The van der Waals surface area contributed by atoms with Gasteiger partial charge in [-0.15, -0.1) is 0 Å². The monoisotopic (exact) mass is 308 g/mol. The van der Waals surface area contributed by atoms with Gasteiger partial charge in [-0.25, -0.2) is 4.21 Å². The summed E-state index contributed by atoms with van der Waals surface area (Å²) in [5.74, 6) is -0.0477. The average molecular weight is 308 g/mol. The molecule has 0 spiro atoms. The second kappa shape index (κ2) is 5.33. The Kier molecular flexibility index (Phi) is 3.87. The second-order valence-electron chi connectivity index (χ2n) is 5.53. The highest BCUT2D eigenvalue weighted by Gasteiger charge is 2.27. The molecule has 0 radical (unpaired) electrons. The number of benzene rings is 1. The number of phenols is 1. The van der Waals surface area contributed by atoms with Crippen molar-refractivity contribution in [2.24, 2.45) is 0 Å². The van der Waals surface area contributed by atoms with Crippen LogP contribution in [0.2, 0.25) is 0 Å². The molecule has 0 amide bonds. The van der Waals surface area contributed by atoms with Crippen LogP contribution in [0.1, 0.15) is 20.8 Å². The predicted octanol–water partition coefficient (Wildman–Crippen LogP) is 1.61. The maximum Gasteiger partial charge on any atom is 0.254 e. The molecular weight excluding hydrogens is 292 g/mol. The van der Waals surface area contributed by atoms with Crippen LogP contribution in [0.5, 0.6) is 5.75 Å². The van der Waals surface area contributed by atoms with Crippen LogP contribution >= 0.6 is 0 Å². The minimum absolute atomic E-state index is 0.0131. The van der Waals surface area contributed by atoms with E-state index in [1.807, 2.05) is 0 Å². The zero-order chi connectivity index (χ0) is 15.8. The van der Waals surface area contributed by atoms with Crippen LogP contribution in [-0.4, -0.2) is 14.1 Å². The van der Waals surface area contributed by atoms with Gasteiger partial charge in [0.1, 0.15) is 28.1 Å². The molecule has 2 aromatic rings. The summed E-state index contributed by atoms with van der Waals surface area (Å²) >= 11 is 0. The molecule has 0 aliphatic heterocycles. The largest absolute Gasteiger partial charge is 0.506 e. The Morgan fingerprint density at radius 3 is 2.19 bits per heavy atom. The zero-order valence-corrected chi connectivity index (χ0v) is 12.7. The van der Waals surface area contributed by atoms with Crippen molar-refractivity contribution in [2.45, 2.75) is 25.5 Å². The summed E-state index contributed by atoms with van der Waals surface area (Å²) in [7, 11) is -1.52. The van der Waals surface area contributed by atoms with E-state index in [4.69, 9.17) is 0 Å². The van der Waals surface area contributed by atoms with Crippen molar-refractivity contribution in [3.05, 3.63) is 44.7 Å². The average Bonchev–Trinajstić information content (AvgIpc) is 2.42. The van der Waals surface area contributed by atoms with Crippen LogP contribution in [0.25, 0.3) is 0 Å². The first-order valence-corrected chi connectivity index (χ1v) is 7.43. The molecule has 0 saturated carbocycles. The van der Waals surface area contributed by atoms with Gasteiger partial charge in [0.2, 0.25) is 0 Å². The molecule has 1 atom stereocenters. The van der Waals surface area contributed by atoms with E-state index in [2.05, 4.69) is 10.0 Å². The second-order valence-corrected chi connectivity index (χ2v) is 7.50. The van der Waals surface area contributed by atoms with Crippen molar-refractivity contribution in [2.75, 3.05) is 10.0 Å². The van der Waals surface area contributed by atoms with E-state index in [0.29, 0.717) is 5.69 Å². The number of para-hydroxylation sites is 2. The fraction of sp³-hybridized carbons (Fsp3) is 0.286. The predicted molar refractivity (Wildman–Crippen MR) is 84.3 cm³/mol. The fourth-order valence-corrected chi connectivity index (χ4v) is 2.25. The van der Waals surface area contributed by atoms with E-state index in [0.717, 1.165) is 0 Å². The summed E-state index contributed by atoms with van der Waals surface area (Å²) in [4.78, 5) is 23.2. The standard InChI is InChI=1S/C14H16N2O4S/c1-14(2,3)21(20)16-11-10(12(18)13(11)19)15-8-6-4-5-7-9(8)17/h4-7,15-17H,1-3H3/t21-/m1/s1. The van der Waals surface area contributed by atoms with Gasteiger partial charge in [0, 0.05) is 0 Å². The molecule has 2 aromatic carbocycles. The molecule has 7 heteroatoms. The van der Waals surface area contributed by atoms with Gasteiger partial charge in [-0.05, 0) is 32.9 Å². The van der Waals surface area contributed by atoms with Crippen molar-refractivity contribution < 1.29 is 9.32 Å². The molecule has 0 unspecified atom stereocenters. The Bertz CT molecular complexity index is 770. The fourth-order valence-electron chi connectivity index (χ4n) is 1.57. The normalized spacial score (nSPS) is 13.1. The summed E-state index contributed by atoms with van der Waals surface area (Å²) in [6.45, 7) is 5.24. The van der Waals surface area contributed by atoms with Crippen molar-refractivity contribution >= 4 is 28.0 Å². The Morgan fingerprint density at radius 1 is 1.05 bits per heavy atom. The van der Waals surface area contributed by atoms with Gasteiger partial charge in [-0.2, -0.15) is 0 Å². The summed E-state index contributed by atoms with van der Waals surface area (Å²) in [6.07, 6.45) is 0. The van der Waals surface area contributed by atoms with Crippen LogP contribution in [0, 0.1) is 0 Å². The molecular formula is C14H16N2O4S. The van der Waals surface area contributed by atoms with Crippen molar-refractivity contribution in [1.29, 1.82) is 0 Å². The first kappa shape index (κ1) is 15.2. The zero-order valence-electron chi connectivity index (χ0n) is 11.9. The van der Waals surface area contributed by atoms with Crippen LogP contribution in [-0.2, 0) is 11.0 Å². The Labute approximate surface area is 124 Å². The maximum absolute atomic E-state index is 12.0. The first-order valence-electron chi connectivity index (χ1n) is 6.28. The summed E-state index contributed by atoms with van der Waals surface area (Å²) < 4.78 is 14.0. The smallest absolute Gasteiger partial charge is 0.254 e. The number of anilines is 3. The third-order valence-electron chi connectivity index (χ3n) is 2.83. The van der Waals surface area contributed by atoms with E-state index in [-0.39, 0.29) is 17.1 Å². The van der Waals surface area contributed by atoms with Crippen LogP contribution in [0.15, 0.2) is 33.9 Å². The molecule has 0 aliphatic carbocycles. The van der Waals surface area contributed by atoms with Gasteiger partial charge in [-0.1, -0.05) is 12.1 Å². The molecule has 2 rings (SSSR count). The topological polar surface area (TPSA) is 95.5 Å². The summed E-state index contributed by atoms with van der Waals surface area (Å²) in [5, 5.41) is 12.4. The molecule has 112 valence electrons. The van der Waals surface area contributed by atoms with E-state index in [9.17, 15) is 18.9 Å². The molecule has 0 aliphatic rings. The van der Waals surface area contributed by atoms with Crippen molar-refractivity contribution in [3.63, 3.8) is 0 Å². The van der Waals surface area contributed by atoms with Crippen LogP contribution in [0.4, 0.5) is 17.1 Å². The molecule has 0 fully saturated rings. The Balaban J connectivity index is 2.29. The van der Waals surface area contributed by atoms with Crippen molar-refractivity contribution in [3.8, 4) is 5.75 Å². The lowest BCUT2D eigenvalue weighted by Crippen LogP contribution is -2.39. The van der Waals surface area contributed by atoms with Gasteiger partial charge in [0.05, 0.1) is 10.4 Å². The maximum atomic E-state index is 12.0. The van der Waals surface area contributed by atoms with E-state index in [1.165, 1.54) is 6.07 Å². The van der Waals surface area contributed by atoms with Gasteiger partial charge in [0.15, 0.2) is 0 Å². The van der Waals surface area contributed by atoms with Gasteiger partial charge in [-0.3, -0.25) is 14.3 Å². The number of aromatic hydroxyl groups is 1. The van der Waals surface area contributed by atoms with Crippen LogP contribution < -0.4 is 20.9 Å². The lowest BCUT2D eigenvalue weighted by Gasteiger charge is -2.21. The SMILES string of the molecule is CC(C)(C)[S@@](=O)Nc1c(Nc2ccccc2O)c(=O)c1=O. The van der Waals surface area contributed by atoms with Crippen molar-refractivity contribution in [1.82, 2.24) is 0 Å². The van der Waals surface area contributed by atoms with Gasteiger partial charge < -0.3 is 10.4 Å². The van der Waals surface area contributed by atoms with E-state index >= 15 is 0 Å². The van der Waals surface area contributed by atoms with Gasteiger partial charge >= 0.3 is 0 Å².